The van der Waals surface area contributed by atoms with Crippen LogP contribution >= 0.6 is 0 Å². The van der Waals surface area contributed by atoms with E-state index in [2.05, 4.69) is 24.8 Å². The largest absolute Gasteiger partial charge is 0.492 e. The van der Waals surface area contributed by atoms with Gasteiger partial charge < -0.3 is 9.64 Å². The lowest BCUT2D eigenvalue weighted by atomic mass is 10.0. The van der Waals surface area contributed by atoms with Crippen LogP contribution in [0.5, 0.6) is 5.75 Å². The number of likely N-dealkylation sites (N-methyl/N-ethyl adjacent to an activating group) is 1. The molecule has 124 valence electrons. The van der Waals surface area contributed by atoms with E-state index in [9.17, 15) is 5.26 Å². The predicted octanol–water partition coefficient (Wildman–Crippen LogP) is 4.47. The zero-order chi connectivity index (χ0) is 17.2. The van der Waals surface area contributed by atoms with Gasteiger partial charge in [0, 0.05) is 12.1 Å². The van der Waals surface area contributed by atoms with Crippen LogP contribution in [-0.4, -0.2) is 31.1 Å². The number of nitrogens with zero attached hydrogens (tertiary/aromatic N) is 2. The fourth-order valence-electron chi connectivity index (χ4n) is 2.51. The molecule has 3 heteroatoms. The average molecular weight is 320 g/mol. The third-order valence-electron chi connectivity index (χ3n) is 3.98. The number of para-hydroxylation sites is 1. The normalized spacial score (nSPS) is 11.3. The van der Waals surface area contributed by atoms with E-state index in [0.29, 0.717) is 12.2 Å². The minimum absolute atomic E-state index is 0.635. The predicted molar refractivity (Wildman–Crippen MR) is 99.7 cm³/mol. The van der Waals surface area contributed by atoms with Gasteiger partial charge in [0.1, 0.15) is 12.4 Å². The van der Waals surface area contributed by atoms with Crippen LogP contribution in [-0.2, 0) is 0 Å². The quantitative estimate of drug-likeness (QED) is 0.532. The van der Waals surface area contributed by atoms with Gasteiger partial charge in [-0.1, -0.05) is 62.4 Å². The van der Waals surface area contributed by atoms with Gasteiger partial charge in [-0.25, -0.2) is 0 Å². The zero-order valence-electron chi connectivity index (χ0n) is 14.4. The topological polar surface area (TPSA) is 36.3 Å². The van der Waals surface area contributed by atoms with Crippen LogP contribution in [0.1, 0.15) is 25.0 Å². The number of ether oxygens (including phenoxy) is 1. The van der Waals surface area contributed by atoms with Crippen molar-refractivity contribution in [1.29, 1.82) is 5.26 Å². The Hall–Kier alpha value is -2.57. The maximum Gasteiger partial charge on any atom is 0.126 e. The summed E-state index contributed by atoms with van der Waals surface area (Å²) in [6, 6.07) is 19.8. The van der Waals surface area contributed by atoms with Crippen LogP contribution < -0.4 is 4.74 Å². The fourth-order valence-corrected chi connectivity index (χ4v) is 2.51. The second-order valence-corrected chi connectivity index (χ2v) is 5.45. The van der Waals surface area contributed by atoms with E-state index in [-0.39, 0.29) is 0 Å². The van der Waals surface area contributed by atoms with Crippen molar-refractivity contribution in [2.45, 2.75) is 13.8 Å². The molecule has 3 nitrogen and oxygen atoms in total. The Balaban J connectivity index is 2.16. The third kappa shape index (κ3) is 4.97. The van der Waals surface area contributed by atoms with Crippen molar-refractivity contribution >= 4 is 11.6 Å². The number of hydrogen-bond acceptors (Lipinski definition) is 3. The first-order valence-corrected chi connectivity index (χ1v) is 8.39. The molecule has 0 fully saturated rings. The minimum atomic E-state index is 0.635. The van der Waals surface area contributed by atoms with Crippen LogP contribution in [0.4, 0.5) is 0 Å². The number of benzene rings is 2. The van der Waals surface area contributed by atoms with Gasteiger partial charge in [-0.05, 0) is 30.8 Å². The Morgan fingerprint density at radius 1 is 1.04 bits per heavy atom. The van der Waals surface area contributed by atoms with Gasteiger partial charge in [0.2, 0.25) is 0 Å². The smallest absolute Gasteiger partial charge is 0.126 e. The first kappa shape index (κ1) is 17.8. The molecule has 0 aromatic heterocycles. The molecule has 0 aliphatic heterocycles. The van der Waals surface area contributed by atoms with E-state index >= 15 is 0 Å². The molecule has 0 unspecified atom stereocenters. The summed E-state index contributed by atoms with van der Waals surface area (Å²) in [5.74, 6) is 0.813. The maximum atomic E-state index is 9.48. The molecular formula is C21H24N2O. The SMILES string of the molecule is CCN(CC)CCOc1ccccc1C=C(C#N)c1ccccc1. The standard InChI is InChI=1S/C21H24N2O/c1-3-23(4-2)14-15-24-21-13-9-8-12-19(21)16-20(17-22)18-10-6-5-7-11-18/h5-13,16H,3-4,14-15H2,1-2H3. The molecule has 0 N–H and O–H groups in total. The Labute approximate surface area is 144 Å². The summed E-state index contributed by atoms with van der Waals surface area (Å²) in [6.07, 6.45) is 1.89. The summed E-state index contributed by atoms with van der Waals surface area (Å²) in [7, 11) is 0. The van der Waals surface area contributed by atoms with Crippen molar-refractivity contribution in [2.75, 3.05) is 26.2 Å². The van der Waals surface area contributed by atoms with Gasteiger partial charge in [-0.15, -0.1) is 0 Å². The second kappa shape index (κ2) is 9.54. The average Bonchev–Trinajstić information content (AvgIpc) is 2.65. The molecule has 2 rings (SSSR count). The van der Waals surface area contributed by atoms with Gasteiger partial charge in [-0.2, -0.15) is 5.26 Å². The van der Waals surface area contributed by atoms with Gasteiger partial charge >= 0.3 is 0 Å². The van der Waals surface area contributed by atoms with Gasteiger partial charge in [0.05, 0.1) is 11.6 Å². The molecule has 0 bridgehead atoms. The van der Waals surface area contributed by atoms with Crippen molar-refractivity contribution in [3.63, 3.8) is 0 Å². The molecule has 0 heterocycles. The van der Waals surface area contributed by atoms with Crippen molar-refractivity contribution in [3.8, 4) is 11.8 Å². The molecule has 24 heavy (non-hydrogen) atoms. The molecule has 0 saturated heterocycles. The lowest BCUT2D eigenvalue weighted by molar-refractivity contribution is 0.222. The summed E-state index contributed by atoms with van der Waals surface area (Å²) in [4.78, 5) is 2.32. The Morgan fingerprint density at radius 2 is 1.71 bits per heavy atom. The highest BCUT2D eigenvalue weighted by Gasteiger charge is 2.06. The summed E-state index contributed by atoms with van der Waals surface area (Å²) in [6.45, 7) is 7.88. The van der Waals surface area contributed by atoms with Gasteiger partial charge in [0.25, 0.3) is 0 Å². The highest BCUT2D eigenvalue weighted by molar-refractivity contribution is 5.90. The third-order valence-corrected chi connectivity index (χ3v) is 3.98. The lowest BCUT2D eigenvalue weighted by Crippen LogP contribution is -2.27. The Kier molecular flexibility index (Phi) is 7.07. The highest BCUT2D eigenvalue weighted by Crippen LogP contribution is 2.24. The molecule has 0 radical (unpaired) electrons. The molecule has 0 spiro atoms. The summed E-state index contributed by atoms with van der Waals surface area (Å²) in [5.41, 5.74) is 2.48. The molecule has 0 aliphatic carbocycles. The van der Waals surface area contributed by atoms with Crippen molar-refractivity contribution in [3.05, 3.63) is 65.7 Å². The molecule has 0 saturated carbocycles. The van der Waals surface area contributed by atoms with Gasteiger partial charge in [-0.3, -0.25) is 0 Å². The first-order valence-electron chi connectivity index (χ1n) is 8.39. The summed E-state index contributed by atoms with van der Waals surface area (Å²) < 4.78 is 5.96. The first-order chi connectivity index (χ1) is 11.8. The molecule has 2 aromatic carbocycles. The van der Waals surface area contributed by atoms with Crippen LogP contribution in [0.3, 0.4) is 0 Å². The molecule has 0 aliphatic rings. The Morgan fingerprint density at radius 3 is 2.38 bits per heavy atom. The number of nitriles is 1. The summed E-state index contributed by atoms with van der Waals surface area (Å²) in [5, 5.41) is 9.48. The molecule has 2 aromatic rings. The maximum absolute atomic E-state index is 9.48. The lowest BCUT2D eigenvalue weighted by Gasteiger charge is -2.18. The fraction of sp³-hybridized carbons (Fsp3) is 0.286. The molecule has 0 amide bonds. The van der Waals surface area contributed by atoms with E-state index in [0.717, 1.165) is 36.5 Å². The summed E-state index contributed by atoms with van der Waals surface area (Å²) >= 11 is 0. The molecular weight excluding hydrogens is 296 g/mol. The highest BCUT2D eigenvalue weighted by atomic mass is 16.5. The van der Waals surface area contributed by atoms with E-state index in [1.54, 1.807) is 0 Å². The number of allylic oxidation sites excluding steroid dienone is 1. The van der Waals surface area contributed by atoms with E-state index in [1.807, 2.05) is 60.7 Å². The second-order valence-electron chi connectivity index (χ2n) is 5.45. The monoisotopic (exact) mass is 320 g/mol. The number of hydrogen-bond donors (Lipinski definition) is 0. The van der Waals surface area contributed by atoms with Crippen LogP contribution in [0.15, 0.2) is 54.6 Å². The Bertz CT molecular complexity index is 697. The van der Waals surface area contributed by atoms with Crippen LogP contribution in [0, 0.1) is 11.3 Å². The van der Waals surface area contributed by atoms with Crippen molar-refractivity contribution in [1.82, 2.24) is 4.90 Å². The van der Waals surface area contributed by atoms with E-state index in [1.165, 1.54) is 0 Å². The van der Waals surface area contributed by atoms with E-state index < -0.39 is 0 Å². The van der Waals surface area contributed by atoms with Crippen molar-refractivity contribution in [2.24, 2.45) is 0 Å². The van der Waals surface area contributed by atoms with Crippen LogP contribution in [0.25, 0.3) is 11.6 Å². The zero-order valence-corrected chi connectivity index (χ0v) is 14.4. The van der Waals surface area contributed by atoms with Crippen molar-refractivity contribution < 1.29 is 4.74 Å². The minimum Gasteiger partial charge on any atom is -0.492 e. The van der Waals surface area contributed by atoms with Crippen LogP contribution in [0.2, 0.25) is 0 Å². The number of rotatable bonds is 8. The van der Waals surface area contributed by atoms with Gasteiger partial charge in [0.15, 0.2) is 0 Å². The van der Waals surface area contributed by atoms with E-state index in [4.69, 9.17) is 4.74 Å². The molecule has 0 atom stereocenters.